The van der Waals surface area contributed by atoms with Crippen LogP contribution in [-0.2, 0) is 4.84 Å². The van der Waals surface area contributed by atoms with Crippen molar-refractivity contribution < 1.29 is 4.84 Å². The molecule has 0 unspecified atom stereocenters. The highest BCUT2D eigenvalue weighted by Crippen LogP contribution is 2.02. The monoisotopic (exact) mass is 155 g/mol. The van der Waals surface area contributed by atoms with E-state index in [1.165, 1.54) is 0 Å². The minimum absolute atomic E-state index is 0.185. The van der Waals surface area contributed by atoms with Gasteiger partial charge in [-0.2, -0.15) is 0 Å². The second-order valence-electron chi connectivity index (χ2n) is 2.29. The molecule has 0 saturated carbocycles. The van der Waals surface area contributed by atoms with Gasteiger partial charge >= 0.3 is 0 Å². The molecule has 0 aromatic heterocycles. The second kappa shape index (κ2) is 7.51. The molecule has 2 heteroatoms. The van der Waals surface area contributed by atoms with Crippen LogP contribution in [0, 0.1) is 0 Å². The van der Waals surface area contributed by atoms with E-state index in [9.17, 15) is 0 Å². The Balaban J connectivity index is 3.49. The highest BCUT2D eigenvalue weighted by atomic mass is 16.7. The summed E-state index contributed by atoms with van der Waals surface area (Å²) in [6.07, 6.45) is 5.61. The molecule has 11 heavy (non-hydrogen) atoms. The fraction of sp³-hybridized carbons (Fsp3) is 0.556. The van der Waals surface area contributed by atoms with Crippen LogP contribution in [0.25, 0.3) is 0 Å². The fourth-order valence-electron chi connectivity index (χ4n) is 0.765. The zero-order chi connectivity index (χ0) is 8.53. The molecule has 0 spiro atoms. The van der Waals surface area contributed by atoms with Crippen molar-refractivity contribution in [1.82, 2.24) is 5.48 Å². The molecule has 0 aliphatic heterocycles. The highest BCUT2D eigenvalue weighted by Gasteiger charge is 2.03. The van der Waals surface area contributed by atoms with Gasteiger partial charge in [-0.15, -0.1) is 13.2 Å². The van der Waals surface area contributed by atoms with Gasteiger partial charge in [-0.25, -0.2) is 5.48 Å². The van der Waals surface area contributed by atoms with Crippen molar-refractivity contribution in [3.63, 3.8) is 0 Å². The summed E-state index contributed by atoms with van der Waals surface area (Å²) >= 11 is 0. The molecular weight excluding hydrogens is 138 g/mol. The average molecular weight is 155 g/mol. The van der Waals surface area contributed by atoms with E-state index in [0.29, 0.717) is 0 Å². The van der Waals surface area contributed by atoms with E-state index in [4.69, 9.17) is 4.84 Å². The van der Waals surface area contributed by atoms with Gasteiger partial charge in [0.2, 0.25) is 0 Å². The molecule has 1 N–H and O–H groups in total. The molecule has 0 amide bonds. The zero-order valence-electron chi connectivity index (χ0n) is 7.18. The zero-order valence-corrected chi connectivity index (χ0v) is 7.18. The van der Waals surface area contributed by atoms with Gasteiger partial charge in [0, 0.05) is 6.54 Å². The molecule has 0 aliphatic rings. The Morgan fingerprint density at radius 1 is 1.36 bits per heavy atom. The number of hydrogen-bond acceptors (Lipinski definition) is 2. The van der Waals surface area contributed by atoms with Crippen LogP contribution < -0.4 is 5.48 Å². The van der Waals surface area contributed by atoms with E-state index in [0.717, 1.165) is 19.4 Å². The normalized spacial score (nSPS) is 10.0. The van der Waals surface area contributed by atoms with Crippen molar-refractivity contribution >= 4 is 0 Å². The summed E-state index contributed by atoms with van der Waals surface area (Å²) in [5, 5.41) is 0. The average Bonchev–Trinajstić information content (AvgIpc) is 2.01. The summed E-state index contributed by atoms with van der Waals surface area (Å²) in [5.41, 5.74) is 2.82. The maximum atomic E-state index is 5.28. The minimum atomic E-state index is 0.185. The van der Waals surface area contributed by atoms with Gasteiger partial charge in [0.05, 0.1) is 6.10 Å². The number of hydrogen-bond donors (Lipinski definition) is 1. The third kappa shape index (κ3) is 5.83. The molecule has 0 atom stereocenters. The topological polar surface area (TPSA) is 21.3 Å². The van der Waals surface area contributed by atoms with Crippen LogP contribution in [0.2, 0.25) is 0 Å². The van der Waals surface area contributed by atoms with Crippen molar-refractivity contribution in [3.8, 4) is 0 Å². The lowest BCUT2D eigenvalue weighted by molar-refractivity contribution is -0.0185. The standard InChI is InChI=1S/C9H17NO/c1-4-7-9(8-5-2)11-10-6-3/h4-5,9-10H,1-2,6-8H2,3H3. The third-order valence-corrected chi connectivity index (χ3v) is 1.25. The summed E-state index contributed by atoms with van der Waals surface area (Å²) in [4.78, 5) is 5.28. The molecule has 0 fully saturated rings. The van der Waals surface area contributed by atoms with Crippen molar-refractivity contribution in [1.29, 1.82) is 0 Å². The molecule has 0 radical (unpaired) electrons. The Morgan fingerprint density at radius 3 is 2.27 bits per heavy atom. The van der Waals surface area contributed by atoms with E-state index in [-0.39, 0.29) is 6.10 Å². The molecule has 64 valence electrons. The SMILES string of the molecule is C=CCC(CC=C)ONCC. The molecular formula is C9H17NO. The van der Waals surface area contributed by atoms with Gasteiger partial charge in [0.1, 0.15) is 0 Å². The smallest absolute Gasteiger partial charge is 0.0858 e. The lowest BCUT2D eigenvalue weighted by atomic mass is 10.2. The Kier molecular flexibility index (Phi) is 7.10. The lowest BCUT2D eigenvalue weighted by Gasteiger charge is -2.13. The maximum Gasteiger partial charge on any atom is 0.0858 e. The highest BCUT2D eigenvalue weighted by molar-refractivity contribution is 4.79. The van der Waals surface area contributed by atoms with Crippen LogP contribution in [0.3, 0.4) is 0 Å². The van der Waals surface area contributed by atoms with Crippen LogP contribution >= 0.6 is 0 Å². The van der Waals surface area contributed by atoms with E-state index in [1.807, 2.05) is 19.1 Å². The van der Waals surface area contributed by atoms with E-state index >= 15 is 0 Å². The molecule has 2 nitrogen and oxygen atoms in total. The quantitative estimate of drug-likeness (QED) is 0.449. The van der Waals surface area contributed by atoms with E-state index in [2.05, 4.69) is 18.6 Å². The molecule has 0 heterocycles. The second-order valence-corrected chi connectivity index (χ2v) is 2.29. The Hall–Kier alpha value is -0.600. The predicted octanol–water partition coefficient (Wildman–Crippen LogP) is 2.05. The first-order chi connectivity index (χ1) is 5.35. The van der Waals surface area contributed by atoms with Crippen molar-refractivity contribution in [2.75, 3.05) is 6.54 Å². The molecule has 0 aromatic rings. The predicted molar refractivity (Wildman–Crippen MR) is 48.2 cm³/mol. The van der Waals surface area contributed by atoms with Crippen LogP contribution in [0.15, 0.2) is 25.3 Å². The first-order valence-corrected chi connectivity index (χ1v) is 3.95. The Bertz CT molecular complexity index is 102. The summed E-state index contributed by atoms with van der Waals surface area (Å²) in [5.74, 6) is 0. The maximum absolute atomic E-state index is 5.28. The van der Waals surface area contributed by atoms with Gasteiger partial charge < -0.3 is 0 Å². The van der Waals surface area contributed by atoms with Crippen LogP contribution in [0.4, 0.5) is 0 Å². The molecule has 0 saturated heterocycles. The minimum Gasteiger partial charge on any atom is -0.298 e. The molecule has 0 aromatic carbocycles. The van der Waals surface area contributed by atoms with Crippen molar-refractivity contribution in [2.24, 2.45) is 0 Å². The number of hydroxylamine groups is 1. The van der Waals surface area contributed by atoms with Crippen LogP contribution in [0.1, 0.15) is 19.8 Å². The molecule has 0 aliphatic carbocycles. The largest absolute Gasteiger partial charge is 0.298 e. The summed E-state index contributed by atoms with van der Waals surface area (Å²) in [6.45, 7) is 10.1. The van der Waals surface area contributed by atoms with Gasteiger partial charge in [-0.05, 0) is 12.8 Å². The number of rotatable bonds is 7. The molecule has 0 rings (SSSR count). The van der Waals surface area contributed by atoms with Crippen molar-refractivity contribution in [3.05, 3.63) is 25.3 Å². The van der Waals surface area contributed by atoms with Crippen molar-refractivity contribution in [2.45, 2.75) is 25.9 Å². The van der Waals surface area contributed by atoms with Gasteiger partial charge in [0.25, 0.3) is 0 Å². The number of nitrogens with one attached hydrogen (secondary N) is 1. The Morgan fingerprint density at radius 2 is 1.91 bits per heavy atom. The first-order valence-electron chi connectivity index (χ1n) is 3.95. The lowest BCUT2D eigenvalue weighted by Crippen LogP contribution is -2.22. The summed E-state index contributed by atoms with van der Waals surface area (Å²) < 4.78 is 0. The third-order valence-electron chi connectivity index (χ3n) is 1.25. The van der Waals surface area contributed by atoms with Gasteiger partial charge in [0.15, 0.2) is 0 Å². The van der Waals surface area contributed by atoms with Crippen LogP contribution in [0.5, 0.6) is 0 Å². The van der Waals surface area contributed by atoms with E-state index < -0.39 is 0 Å². The summed E-state index contributed by atoms with van der Waals surface area (Å²) in [6, 6.07) is 0. The fourth-order valence-corrected chi connectivity index (χ4v) is 0.765. The first kappa shape index (κ1) is 10.4. The summed E-state index contributed by atoms with van der Waals surface area (Å²) in [7, 11) is 0. The Labute approximate surface area is 68.9 Å². The van der Waals surface area contributed by atoms with E-state index in [1.54, 1.807) is 0 Å². The molecule has 0 bridgehead atoms. The van der Waals surface area contributed by atoms with Crippen LogP contribution in [-0.4, -0.2) is 12.6 Å². The van der Waals surface area contributed by atoms with Gasteiger partial charge in [-0.1, -0.05) is 19.1 Å². The van der Waals surface area contributed by atoms with Gasteiger partial charge in [-0.3, -0.25) is 4.84 Å².